The summed E-state index contributed by atoms with van der Waals surface area (Å²) in [6.45, 7) is 5.89. The van der Waals surface area contributed by atoms with E-state index in [4.69, 9.17) is 0 Å². The van der Waals surface area contributed by atoms with E-state index in [9.17, 15) is 0 Å². The molecule has 0 spiro atoms. The Labute approximate surface area is 92.7 Å². The summed E-state index contributed by atoms with van der Waals surface area (Å²) < 4.78 is 4.64. The number of amidine groups is 1. The van der Waals surface area contributed by atoms with E-state index in [1.807, 2.05) is 0 Å². The molecule has 0 atom stereocenters. The lowest BCUT2D eigenvalue weighted by Gasteiger charge is -2.27. The molecule has 6 heteroatoms. The first kappa shape index (κ1) is 10.5. The molecule has 0 radical (unpaired) electrons. The third-order valence-corrected chi connectivity index (χ3v) is 3.53. The van der Waals surface area contributed by atoms with Gasteiger partial charge in [-0.2, -0.15) is 4.98 Å². The third-order valence-electron chi connectivity index (χ3n) is 2.05. The molecular weight excluding hydrogens is 212 g/mol. The summed E-state index contributed by atoms with van der Waals surface area (Å²) in [5.74, 6) is 1.74. The van der Waals surface area contributed by atoms with Crippen molar-refractivity contribution in [2.24, 2.45) is 10.4 Å². The predicted molar refractivity (Wildman–Crippen MR) is 59.7 cm³/mol. The highest BCUT2D eigenvalue weighted by molar-refractivity contribution is 8.13. The molecular formula is C9H14N4OS. The van der Waals surface area contributed by atoms with Gasteiger partial charge >= 0.3 is 0 Å². The van der Waals surface area contributed by atoms with Crippen molar-refractivity contribution in [3.63, 3.8) is 0 Å². The van der Waals surface area contributed by atoms with Crippen molar-refractivity contribution in [1.29, 1.82) is 0 Å². The van der Waals surface area contributed by atoms with Gasteiger partial charge in [-0.05, 0) is 5.41 Å². The number of nitrogens with one attached hydrogen (secondary N) is 1. The highest BCUT2D eigenvalue weighted by atomic mass is 32.2. The first-order valence-electron chi connectivity index (χ1n) is 4.82. The van der Waals surface area contributed by atoms with Crippen LogP contribution in [-0.4, -0.2) is 27.6 Å². The fraction of sp³-hybridized carbons (Fsp3) is 0.667. The molecule has 0 aromatic carbocycles. The molecule has 1 aliphatic rings. The van der Waals surface area contributed by atoms with E-state index in [1.165, 1.54) is 6.39 Å². The monoisotopic (exact) mass is 226 g/mol. The summed E-state index contributed by atoms with van der Waals surface area (Å²) in [6, 6.07) is 0. The lowest BCUT2D eigenvalue weighted by molar-refractivity contribution is 0.409. The minimum atomic E-state index is 0.308. The van der Waals surface area contributed by atoms with Crippen LogP contribution in [-0.2, 0) is 6.54 Å². The maximum Gasteiger partial charge on any atom is 0.213 e. The Hall–Kier alpha value is -1.04. The molecule has 15 heavy (non-hydrogen) atoms. The zero-order valence-electron chi connectivity index (χ0n) is 8.86. The van der Waals surface area contributed by atoms with E-state index in [0.717, 1.165) is 17.5 Å². The molecule has 0 saturated carbocycles. The maximum atomic E-state index is 4.64. The van der Waals surface area contributed by atoms with Gasteiger partial charge in [-0.15, -0.1) is 0 Å². The quantitative estimate of drug-likeness (QED) is 0.823. The minimum Gasteiger partial charge on any atom is -0.357 e. The summed E-state index contributed by atoms with van der Waals surface area (Å²) in [6.07, 6.45) is 1.33. The number of hydrogen-bond donors (Lipinski definition) is 1. The molecule has 0 bridgehead atoms. The highest BCUT2D eigenvalue weighted by Crippen LogP contribution is 2.26. The summed E-state index contributed by atoms with van der Waals surface area (Å²) in [5.41, 5.74) is 0.308. The largest absolute Gasteiger partial charge is 0.357 e. The van der Waals surface area contributed by atoms with Crippen molar-refractivity contribution in [3.05, 3.63) is 12.2 Å². The molecule has 1 aliphatic heterocycles. The molecule has 1 aromatic rings. The average Bonchev–Trinajstić information content (AvgIpc) is 2.69. The Balaban J connectivity index is 1.84. The zero-order chi connectivity index (χ0) is 10.7. The molecule has 0 amide bonds. The second kappa shape index (κ2) is 4.22. The van der Waals surface area contributed by atoms with Crippen molar-refractivity contribution < 1.29 is 4.52 Å². The molecule has 0 fully saturated rings. The standard InChI is InChI=1S/C9H14N4OS/c1-9(2)4-11-8(15-5-9)10-3-7-12-6-14-13-7/h6H,3-5H2,1-2H3,(H,10,11). The number of aliphatic imine (C=N–C) groups is 1. The van der Waals surface area contributed by atoms with Gasteiger partial charge in [0.2, 0.25) is 6.39 Å². The van der Waals surface area contributed by atoms with Crippen molar-refractivity contribution in [2.45, 2.75) is 20.4 Å². The maximum absolute atomic E-state index is 4.64. The third kappa shape index (κ3) is 2.95. The van der Waals surface area contributed by atoms with Gasteiger partial charge in [0.15, 0.2) is 11.0 Å². The Morgan fingerprint density at radius 1 is 1.60 bits per heavy atom. The van der Waals surface area contributed by atoms with E-state index < -0.39 is 0 Å². The lowest BCUT2D eigenvalue weighted by Crippen LogP contribution is -2.31. The van der Waals surface area contributed by atoms with E-state index in [-0.39, 0.29) is 0 Å². The number of rotatable bonds is 2. The van der Waals surface area contributed by atoms with Crippen molar-refractivity contribution >= 4 is 16.9 Å². The SMILES string of the molecule is CC1(C)CN=C(NCc2ncon2)SC1. The predicted octanol–water partition coefficient (Wildman–Crippen LogP) is 1.29. The van der Waals surface area contributed by atoms with Gasteiger partial charge in [0, 0.05) is 12.3 Å². The van der Waals surface area contributed by atoms with Gasteiger partial charge in [-0.1, -0.05) is 30.8 Å². The zero-order valence-corrected chi connectivity index (χ0v) is 9.67. The smallest absolute Gasteiger partial charge is 0.213 e. The van der Waals surface area contributed by atoms with Crippen LogP contribution in [0.4, 0.5) is 0 Å². The van der Waals surface area contributed by atoms with Crippen LogP contribution in [0.25, 0.3) is 0 Å². The van der Waals surface area contributed by atoms with Gasteiger partial charge < -0.3 is 9.84 Å². The van der Waals surface area contributed by atoms with Gasteiger partial charge in [-0.25, -0.2) is 0 Å². The van der Waals surface area contributed by atoms with Gasteiger partial charge in [-0.3, -0.25) is 4.99 Å². The highest BCUT2D eigenvalue weighted by Gasteiger charge is 2.23. The van der Waals surface area contributed by atoms with Crippen molar-refractivity contribution in [3.8, 4) is 0 Å². The summed E-state index contributed by atoms with van der Waals surface area (Å²) in [4.78, 5) is 8.39. The van der Waals surface area contributed by atoms with E-state index in [2.05, 4.69) is 38.8 Å². The Morgan fingerprint density at radius 3 is 3.07 bits per heavy atom. The fourth-order valence-corrected chi connectivity index (χ4v) is 2.12. The van der Waals surface area contributed by atoms with Crippen LogP contribution in [0.2, 0.25) is 0 Å². The van der Waals surface area contributed by atoms with Gasteiger partial charge in [0.1, 0.15) is 0 Å². The normalized spacial score (nSPS) is 19.7. The van der Waals surface area contributed by atoms with Crippen LogP contribution in [0.5, 0.6) is 0 Å². The Kier molecular flexibility index (Phi) is 2.95. The topological polar surface area (TPSA) is 63.3 Å². The minimum absolute atomic E-state index is 0.308. The Morgan fingerprint density at radius 2 is 2.47 bits per heavy atom. The van der Waals surface area contributed by atoms with Crippen molar-refractivity contribution in [2.75, 3.05) is 12.3 Å². The first-order chi connectivity index (χ1) is 7.16. The lowest BCUT2D eigenvalue weighted by atomic mass is 9.97. The summed E-state index contributed by atoms with van der Waals surface area (Å²) in [7, 11) is 0. The number of nitrogens with zero attached hydrogens (tertiary/aromatic N) is 3. The molecule has 0 saturated heterocycles. The number of hydrogen-bond acceptors (Lipinski definition) is 6. The van der Waals surface area contributed by atoms with E-state index in [1.54, 1.807) is 11.8 Å². The second-order valence-corrected chi connectivity index (χ2v) is 5.24. The fourth-order valence-electron chi connectivity index (χ4n) is 1.17. The average molecular weight is 226 g/mol. The molecule has 82 valence electrons. The van der Waals surface area contributed by atoms with Crippen molar-refractivity contribution in [1.82, 2.24) is 15.5 Å². The molecule has 2 heterocycles. The van der Waals surface area contributed by atoms with Gasteiger partial charge in [0.25, 0.3) is 0 Å². The van der Waals surface area contributed by atoms with E-state index in [0.29, 0.717) is 17.8 Å². The number of aromatic nitrogens is 2. The van der Waals surface area contributed by atoms with Crippen LogP contribution < -0.4 is 5.32 Å². The van der Waals surface area contributed by atoms with Crippen LogP contribution in [0.15, 0.2) is 15.9 Å². The van der Waals surface area contributed by atoms with E-state index >= 15 is 0 Å². The van der Waals surface area contributed by atoms with Crippen LogP contribution in [0, 0.1) is 5.41 Å². The second-order valence-electron chi connectivity index (χ2n) is 4.28. The first-order valence-corrected chi connectivity index (χ1v) is 5.81. The molecule has 1 N–H and O–H groups in total. The van der Waals surface area contributed by atoms with Gasteiger partial charge in [0.05, 0.1) is 6.54 Å². The number of thioether (sulfide) groups is 1. The molecule has 1 aromatic heterocycles. The van der Waals surface area contributed by atoms with Crippen LogP contribution >= 0.6 is 11.8 Å². The molecule has 2 rings (SSSR count). The van der Waals surface area contributed by atoms with Crippen LogP contribution in [0.3, 0.4) is 0 Å². The molecule has 0 aliphatic carbocycles. The molecule has 0 unspecified atom stereocenters. The van der Waals surface area contributed by atoms with Crippen LogP contribution in [0.1, 0.15) is 19.7 Å². The molecule has 5 nitrogen and oxygen atoms in total. The summed E-state index contributed by atoms with van der Waals surface area (Å²) >= 11 is 1.74. The Bertz CT molecular complexity index is 347. The summed E-state index contributed by atoms with van der Waals surface area (Å²) in [5, 5.41) is 7.88.